The van der Waals surface area contributed by atoms with Crippen molar-refractivity contribution >= 4 is 44.1 Å². The zero-order chi connectivity index (χ0) is 21.2. The molecule has 1 aromatic heterocycles. The van der Waals surface area contributed by atoms with Crippen molar-refractivity contribution in [3.05, 3.63) is 65.3 Å². The van der Waals surface area contributed by atoms with E-state index in [1.807, 2.05) is 0 Å². The Morgan fingerprint density at radius 1 is 1.21 bits per heavy atom. The largest absolute Gasteiger partial charge is 0.357 e. The molecule has 1 heterocycles. The average Bonchev–Trinajstić information content (AvgIpc) is 3.11. The maximum atomic E-state index is 13.1. The maximum Gasteiger partial charge on any atom is 0.251 e. The van der Waals surface area contributed by atoms with Crippen molar-refractivity contribution in [2.24, 2.45) is 0 Å². The Morgan fingerprint density at radius 2 is 1.90 bits per heavy atom. The molecule has 7 nitrogen and oxygen atoms in total. The summed E-state index contributed by atoms with van der Waals surface area (Å²) in [6, 6.07) is 15.7. The number of carbonyl (C=O) groups is 1. The van der Waals surface area contributed by atoms with Crippen LogP contribution in [0.15, 0.2) is 54.7 Å². The average molecular weight is 431 g/mol. The lowest BCUT2D eigenvalue weighted by Gasteiger charge is -2.33. The number of halogens is 1. The quantitative estimate of drug-likeness (QED) is 0.627. The zero-order valence-corrected chi connectivity index (χ0v) is 17.4. The molecular weight excluding hydrogens is 412 g/mol. The van der Waals surface area contributed by atoms with E-state index < -0.39 is 15.6 Å². The first-order chi connectivity index (χ1) is 13.7. The highest BCUT2D eigenvalue weighted by Gasteiger charge is 2.42. The fourth-order valence-corrected chi connectivity index (χ4v) is 4.19. The third-order valence-electron chi connectivity index (χ3n) is 4.70. The number of nitrogens with one attached hydrogen (secondary N) is 2. The number of nitrogens with zero attached hydrogens (tertiary/aromatic N) is 2. The van der Waals surface area contributed by atoms with Gasteiger partial charge < -0.3 is 9.88 Å². The smallest absolute Gasteiger partial charge is 0.251 e. The van der Waals surface area contributed by atoms with Crippen molar-refractivity contribution < 1.29 is 13.2 Å². The van der Waals surface area contributed by atoms with Gasteiger partial charge in [0, 0.05) is 23.7 Å². The molecule has 0 bridgehead atoms. The summed E-state index contributed by atoms with van der Waals surface area (Å²) < 4.78 is 27.6. The molecule has 1 amide bonds. The summed E-state index contributed by atoms with van der Waals surface area (Å²) in [5.74, 6) is -0.375. The number of likely N-dealkylation sites (N-methyl/N-ethyl adjacent to an activating group) is 1. The SMILES string of the molecule is CNC(=O)C(CC#N)(c1ccc(Cl)cc1)n1ccc2c(NS(C)(=O)=O)cccc21. The van der Waals surface area contributed by atoms with Gasteiger partial charge in [0.2, 0.25) is 10.0 Å². The van der Waals surface area contributed by atoms with E-state index in [1.165, 1.54) is 7.05 Å². The van der Waals surface area contributed by atoms with Crippen LogP contribution in [0.2, 0.25) is 5.02 Å². The number of rotatable bonds is 6. The molecule has 3 aromatic rings. The molecule has 9 heteroatoms. The predicted octanol–water partition coefficient (Wildman–Crippen LogP) is 3.07. The van der Waals surface area contributed by atoms with Crippen molar-refractivity contribution in [3.63, 3.8) is 0 Å². The number of amides is 1. The lowest BCUT2D eigenvalue weighted by molar-refractivity contribution is -0.127. The van der Waals surface area contributed by atoms with Crippen LogP contribution in [0.5, 0.6) is 0 Å². The van der Waals surface area contributed by atoms with Crippen molar-refractivity contribution in [1.82, 2.24) is 9.88 Å². The Labute approximate surface area is 173 Å². The van der Waals surface area contributed by atoms with E-state index in [0.717, 1.165) is 6.26 Å². The molecular formula is C20H19ClN4O3S. The van der Waals surface area contributed by atoms with E-state index in [9.17, 15) is 18.5 Å². The van der Waals surface area contributed by atoms with Crippen molar-refractivity contribution in [1.29, 1.82) is 5.26 Å². The molecule has 0 aliphatic carbocycles. The molecule has 0 radical (unpaired) electrons. The number of benzene rings is 2. The highest BCUT2D eigenvalue weighted by molar-refractivity contribution is 7.92. The molecule has 0 aliphatic rings. The van der Waals surface area contributed by atoms with E-state index in [2.05, 4.69) is 16.1 Å². The van der Waals surface area contributed by atoms with E-state index >= 15 is 0 Å². The van der Waals surface area contributed by atoms with Gasteiger partial charge >= 0.3 is 0 Å². The molecule has 2 N–H and O–H groups in total. The monoisotopic (exact) mass is 430 g/mol. The van der Waals surface area contributed by atoms with Crippen LogP contribution in [-0.4, -0.2) is 32.2 Å². The van der Waals surface area contributed by atoms with Crippen molar-refractivity contribution in [3.8, 4) is 6.07 Å². The number of aromatic nitrogens is 1. The van der Waals surface area contributed by atoms with Crippen molar-refractivity contribution in [2.75, 3.05) is 18.0 Å². The normalized spacial score (nSPS) is 13.4. The first-order valence-electron chi connectivity index (χ1n) is 8.66. The van der Waals surface area contributed by atoms with Gasteiger partial charge in [-0.25, -0.2) is 8.42 Å². The van der Waals surface area contributed by atoms with Crippen LogP contribution in [0.4, 0.5) is 5.69 Å². The van der Waals surface area contributed by atoms with Crippen LogP contribution >= 0.6 is 11.6 Å². The third-order valence-corrected chi connectivity index (χ3v) is 5.54. The third kappa shape index (κ3) is 3.79. The Balaban J connectivity index is 2.33. The number of hydrogen-bond donors (Lipinski definition) is 2. The van der Waals surface area contributed by atoms with E-state index in [1.54, 1.807) is 59.3 Å². The second-order valence-corrected chi connectivity index (χ2v) is 8.76. The first kappa shape index (κ1) is 20.7. The summed E-state index contributed by atoms with van der Waals surface area (Å²) in [5.41, 5.74) is 0.219. The van der Waals surface area contributed by atoms with Gasteiger partial charge in [0.15, 0.2) is 5.54 Å². The molecule has 2 aromatic carbocycles. The fourth-order valence-electron chi connectivity index (χ4n) is 3.48. The summed E-state index contributed by atoms with van der Waals surface area (Å²) in [4.78, 5) is 13.1. The first-order valence-corrected chi connectivity index (χ1v) is 10.9. The Kier molecular flexibility index (Phi) is 5.55. The van der Waals surface area contributed by atoms with Crippen LogP contribution in [0.25, 0.3) is 10.9 Å². The highest BCUT2D eigenvalue weighted by Crippen LogP contribution is 2.37. The van der Waals surface area contributed by atoms with Crippen LogP contribution in [0.3, 0.4) is 0 Å². The fraction of sp³-hybridized carbons (Fsp3) is 0.200. The van der Waals surface area contributed by atoms with Crippen LogP contribution in [0, 0.1) is 11.3 Å². The van der Waals surface area contributed by atoms with Gasteiger partial charge in [0.25, 0.3) is 5.91 Å². The maximum absolute atomic E-state index is 13.1. The molecule has 0 aliphatic heterocycles. The van der Waals surface area contributed by atoms with Crippen LogP contribution in [0.1, 0.15) is 12.0 Å². The second kappa shape index (κ2) is 7.78. The van der Waals surface area contributed by atoms with Gasteiger partial charge in [-0.15, -0.1) is 0 Å². The molecule has 0 saturated carbocycles. The van der Waals surface area contributed by atoms with Crippen LogP contribution in [-0.2, 0) is 20.4 Å². The lowest BCUT2D eigenvalue weighted by Crippen LogP contribution is -2.48. The summed E-state index contributed by atoms with van der Waals surface area (Å²) in [7, 11) is -1.98. The molecule has 3 rings (SSSR count). The Bertz CT molecular complexity index is 1210. The number of nitriles is 1. The Morgan fingerprint density at radius 3 is 2.48 bits per heavy atom. The number of sulfonamides is 1. The van der Waals surface area contributed by atoms with Crippen molar-refractivity contribution in [2.45, 2.75) is 12.0 Å². The minimum atomic E-state index is -3.49. The minimum absolute atomic E-state index is 0.137. The number of hydrogen-bond acceptors (Lipinski definition) is 4. The summed E-state index contributed by atoms with van der Waals surface area (Å²) in [6.45, 7) is 0. The molecule has 0 spiro atoms. The second-order valence-electron chi connectivity index (χ2n) is 6.58. The molecule has 29 heavy (non-hydrogen) atoms. The summed E-state index contributed by atoms with van der Waals surface area (Å²) >= 11 is 6.02. The standard InChI is InChI=1S/C20H19ClN4O3S/c1-23-19(26)20(11-12-22,14-6-8-15(21)9-7-14)25-13-10-16-17(24-29(2,27)28)4-3-5-18(16)25/h3-10,13,24H,11H2,1-2H3,(H,23,26). The topological polar surface area (TPSA) is 104 Å². The molecule has 1 unspecified atom stereocenters. The number of anilines is 1. The molecule has 150 valence electrons. The minimum Gasteiger partial charge on any atom is -0.357 e. The number of fused-ring (bicyclic) bond motifs is 1. The zero-order valence-electron chi connectivity index (χ0n) is 15.8. The van der Waals surface area contributed by atoms with Gasteiger partial charge in [-0.1, -0.05) is 29.8 Å². The highest BCUT2D eigenvalue weighted by atomic mass is 35.5. The summed E-state index contributed by atoms with van der Waals surface area (Å²) in [5, 5.41) is 13.4. The van der Waals surface area contributed by atoms with E-state index in [4.69, 9.17) is 11.6 Å². The predicted molar refractivity (Wildman–Crippen MR) is 113 cm³/mol. The Hall–Kier alpha value is -3.02. The van der Waals surface area contributed by atoms with E-state index in [0.29, 0.717) is 27.2 Å². The van der Waals surface area contributed by atoms with Gasteiger partial charge in [0.1, 0.15) is 0 Å². The lowest BCUT2D eigenvalue weighted by atomic mass is 9.85. The van der Waals surface area contributed by atoms with Gasteiger partial charge in [-0.2, -0.15) is 5.26 Å². The van der Waals surface area contributed by atoms with Gasteiger partial charge in [-0.3, -0.25) is 9.52 Å². The molecule has 0 fully saturated rings. The number of carbonyl (C=O) groups excluding carboxylic acids is 1. The van der Waals surface area contributed by atoms with Gasteiger partial charge in [-0.05, 0) is 35.9 Å². The van der Waals surface area contributed by atoms with E-state index in [-0.39, 0.29) is 12.3 Å². The van der Waals surface area contributed by atoms with Crippen LogP contribution < -0.4 is 10.0 Å². The van der Waals surface area contributed by atoms with Gasteiger partial charge in [0.05, 0.1) is 29.9 Å². The summed E-state index contributed by atoms with van der Waals surface area (Å²) in [6.07, 6.45) is 2.61. The molecule has 0 saturated heterocycles. The molecule has 1 atom stereocenters.